The van der Waals surface area contributed by atoms with Gasteiger partial charge in [-0.15, -0.1) is 0 Å². The molecular formula is C14H16N6. The second-order valence-corrected chi connectivity index (χ2v) is 4.34. The van der Waals surface area contributed by atoms with E-state index in [0.717, 1.165) is 23.7 Å². The van der Waals surface area contributed by atoms with Crippen LogP contribution >= 0.6 is 0 Å². The molecule has 0 aliphatic carbocycles. The summed E-state index contributed by atoms with van der Waals surface area (Å²) in [6.45, 7) is 3.70. The first-order valence-corrected chi connectivity index (χ1v) is 6.56. The van der Waals surface area contributed by atoms with Crippen LogP contribution in [-0.4, -0.2) is 24.3 Å². The third kappa shape index (κ3) is 2.40. The Hall–Kier alpha value is -2.63. The molecular weight excluding hydrogens is 252 g/mol. The van der Waals surface area contributed by atoms with Crippen LogP contribution in [0.5, 0.6) is 0 Å². The Morgan fingerprint density at radius 3 is 2.95 bits per heavy atom. The maximum atomic E-state index is 4.36. The lowest BCUT2D eigenvalue weighted by Crippen LogP contribution is -2.09. The molecule has 0 atom stereocenters. The molecule has 0 saturated carbocycles. The molecule has 0 spiro atoms. The van der Waals surface area contributed by atoms with E-state index in [2.05, 4.69) is 31.9 Å². The third-order valence-corrected chi connectivity index (χ3v) is 3.15. The van der Waals surface area contributed by atoms with Crippen LogP contribution < -0.4 is 5.32 Å². The van der Waals surface area contributed by atoms with E-state index < -0.39 is 0 Å². The van der Waals surface area contributed by atoms with Crippen LogP contribution in [0.2, 0.25) is 0 Å². The van der Waals surface area contributed by atoms with E-state index in [-0.39, 0.29) is 0 Å². The lowest BCUT2D eigenvalue weighted by atomic mass is 10.2. The van der Waals surface area contributed by atoms with E-state index in [1.165, 1.54) is 6.33 Å². The number of rotatable bonds is 5. The summed E-state index contributed by atoms with van der Waals surface area (Å²) < 4.78 is 3.86. The molecule has 2 aromatic heterocycles. The van der Waals surface area contributed by atoms with Crippen molar-refractivity contribution in [1.82, 2.24) is 24.3 Å². The third-order valence-electron chi connectivity index (χ3n) is 3.15. The van der Waals surface area contributed by atoms with Crippen molar-refractivity contribution < 1.29 is 0 Å². The van der Waals surface area contributed by atoms with Gasteiger partial charge in [-0.1, -0.05) is 12.1 Å². The summed E-state index contributed by atoms with van der Waals surface area (Å²) in [6, 6.07) is 8.00. The zero-order chi connectivity index (χ0) is 13.8. The van der Waals surface area contributed by atoms with Crippen LogP contribution in [0.4, 0.5) is 5.69 Å². The van der Waals surface area contributed by atoms with Crippen molar-refractivity contribution in [2.45, 2.75) is 20.0 Å². The fourth-order valence-corrected chi connectivity index (χ4v) is 2.12. The van der Waals surface area contributed by atoms with Crippen molar-refractivity contribution in [3.05, 3.63) is 55.1 Å². The summed E-state index contributed by atoms with van der Waals surface area (Å²) in [5.41, 5.74) is 1.98. The minimum atomic E-state index is 0.673. The number of hydrogen-bond donors (Lipinski definition) is 1. The second-order valence-electron chi connectivity index (χ2n) is 4.34. The SMILES string of the molecule is CCn1ccnc1CNc1ccccc1-n1cncn1. The number of para-hydroxylation sites is 2. The topological polar surface area (TPSA) is 60.6 Å². The smallest absolute Gasteiger partial charge is 0.138 e. The molecule has 1 aromatic carbocycles. The van der Waals surface area contributed by atoms with Gasteiger partial charge in [0.25, 0.3) is 0 Å². The molecule has 2 heterocycles. The predicted octanol–water partition coefficient (Wildman–Crippen LogP) is 2.10. The van der Waals surface area contributed by atoms with Crippen molar-refractivity contribution >= 4 is 5.69 Å². The van der Waals surface area contributed by atoms with Crippen LogP contribution in [-0.2, 0) is 13.1 Å². The summed E-state index contributed by atoms with van der Waals surface area (Å²) in [4.78, 5) is 8.34. The number of benzene rings is 1. The number of nitrogens with zero attached hydrogens (tertiary/aromatic N) is 5. The maximum Gasteiger partial charge on any atom is 0.138 e. The molecule has 0 amide bonds. The zero-order valence-electron chi connectivity index (χ0n) is 11.3. The van der Waals surface area contributed by atoms with Gasteiger partial charge in [0.05, 0.1) is 17.9 Å². The number of aryl methyl sites for hydroxylation is 1. The monoisotopic (exact) mass is 268 g/mol. The summed E-state index contributed by atoms with van der Waals surface area (Å²) in [5.74, 6) is 1.01. The Morgan fingerprint density at radius 1 is 1.25 bits per heavy atom. The highest BCUT2D eigenvalue weighted by Crippen LogP contribution is 2.19. The average Bonchev–Trinajstić information content (AvgIpc) is 3.16. The van der Waals surface area contributed by atoms with Gasteiger partial charge in [-0.05, 0) is 19.1 Å². The van der Waals surface area contributed by atoms with Crippen LogP contribution in [0, 0.1) is 0 Å². The summed E-state index contributed by atoms with van der Waals surface area (Å²) in [7, 11) is 0. The van der Waals surface area contributed by atoms with E-state index in [9.17, 15) is 0 Å². The normalized spacial score (nSPS) is 10.7. The fraction of sp³-hybridized carbons (Fsp3) is 0.214. The fourth-order valence-electron chi connectivity index (χ4n) is 2.12. The molecule has 0 unspecified atom stereocenters. The van der Waals surface area contributed by atoms with Gasteiger partial charge in [0.1, 0.15) is 18.5 Å². The lowest BCUT2D eigenvalue weighted by molar-refractivity contribution is 0.707. The van der Waals surface area contributed by atoms with Crippen molar-refractivity contribution in [1.29, 1.82) is 0 Å². The molecule has 0 saturated heterocycles. The molecule has 0 bridgehead atoms. The average molecular weight is 268 g/mol. The molecule has 1 N–H and O–H groups in total. The van der Waals surface area contributed by atoms with E-state index >= 15 is 0 Å². The minimum absolute atomic E-state index is 0.673. The van der Waals surface area contributed by atoms with Crippen LogP contribution in [0.25, 0.3) is 5.69 Å². The zero-order valence-corrected chi connectivity index (χ0v) is 11.3. The van der Waals surface area contributed by atoms with Crippen LogP contribution in [0.1, 0.15) is 12.7 Å². The van der Waals surface area contributed by atoms with Crippen molar-refractivity contribution in [3.8, 4) is 5.69 Å². The Balaban J connectivity index is 1.81. The van der Waals surface area contributed by atoms with E-state index in [1.807, 2.05) is 36.7 Å². The van der Waals surface area contributed by atoms with Gasteiger partial charge in [0.15, 0.2) is 0 Å². The Bertz CT molecular complexity index is 671. The Morgan fingerprint density at radius 2 is 2.15 bits per heavy atom. The second kappa shape index (κ2) is 5.56. The molecule has 3 aromatic rings. The highest BCUT2D eigenvalue weighted by molar-refractivity contribution is 5.60. The number of hydrogen-bond acceptors (Lipinski definition) is 4. The van der Waals surface area contributed by atoms with E-state index in [4.69, 9.17) is 0 Å². The van der Waals surface area contributed by atoms with Gasteiger partial charge < -0.3 is 9.88 Å². The molecule has 102 valence electrons. The standard InChI is InChI=1S/C14H16N6/c1-2-19-8-7-16-14(19)9-17-12-5-3-4-6-13(12)20-11-15-10-18-20/h3-8,10-11,17H,2,9H2,1H3. The summed E-state index contributed by atoms with van der Waals surface area (Å²) in [5, 5.41) is 7.58. The lowest BCUT2D eigenvalue weighted by Gasteiger charge is -2.12. The molecule has 6 heteroatoms. The summed E-state index contributed by atoms with van der Waals surface area (Å²) in [6.07, 6.45) is 7.03. The number of aromatic nitrogens is 5. The van der Waals surface area contributed by atoms with E-state index in [0.29, 0.717) is 6.54 Å². The molecule has 3 rings (SSSR count). The molecule has 0 fully saturated rings. The molecule has 20 heavy (non-hydrogen) atoms. The molecule has 0 radical (unpaired) electrons. The van der Waals surface area contributed by atoms with Crippen LogP contribution in [0.3, 0.4) is 0 Å². The van der Waals surface area contributed by atoms with Crippen LogP contribution in [0.15, 0.2) is 49.3 Å². The Kier molecular flexibility index (Phi) is 3.45. The van der Waals surface area contributed by atoms with Crippen molar-refractivity contribution in [2.24, 2.45) is 0 Å². The van der Waals surface area contributed by atoms with Crippen molar-refractivity contribution in [3.63, 3.8) is 0 Å². The first-order valence-electron chi connectivity index (χ1n) is 6.56. The number of anilines is 1. The van der Waals surface area contributed by atoms with Gasteiger partial charge >= 0.3 is 0 Å². The van der Waals surface area contributed by atoms with Gasteiger partial charge in [-0.3, -0.25) is 0 Å². The molecule has 0 aliphatic heterocycles. The quantitative estimate of drug-likeness (QED) is 0.769. The first kappa shape index (κ1) is 12.4. The molecule has 0 aliphatic rings. The summed E-state index contributed by atoms with van der Waals surface area (Å²) >= 11 is 0. The predicted molar refractivity (Wildman–Crippen MR) is 76.6 cm³/mol. The first-order chi connectivity index (χ1) is 9.88. The van der Waals surface area contributed by atoms with Gasteiger partial charge in [0.2, 0.25) is 0 Å². The highest BCUT2D eigenvalue weighted by Gasteiger charge is 2.06. The largest absolute Gasteiger partial charge is 0.376 e. The Labute approximate surface area is 117 Å². The number of imidazole rings is 1. The van der Waals surface area contributed by atoms with Gasteiger partial charge in [-0.25, -0.2) is 14.6 Å². The van der Waals surface area contributed by atoms with Crippen molar-refractivity contribution in [2.75, 3.05) is 5.32 Å². The van der Waals surface area contributed by atoms with Gasteiger partial charge in [-0.2, -0.15) is 5.10 Å². The number of nitrogens with one attached hydrogen (secondary N) is 1. The molecule has 6 nitrogen and oxygen atoms in total. The van der Waals surface area contributed by atoms with E-state index in [1.54, 1.807) is 11.0 Å². The van der Waals surface area contributed by atoms with Gasteiger partial charge in [0, 0.05) is 18.9 Å². The highest BCUT2D eigenvalue weighted by atomic mass is 15.3. The maximum absolute atomic E-state index is 4.36. The minimum Gasteiger partial charge on any atom is -0.376 e.